The minimum atomic E-state index is -3.10. The summed E-state index contributed by atoms with van der Waals surface area (Å²) in [6, 6.07) is 0. The molecule has 1 aliphatic rings. The van der Waals surface area contributed by atoms with E-state index in [1.807, 2.05) is 0 Å². The van der Waals surface area contributed by atoms with Gasteiger partial charge in [-0.25, -0.2) is 8.42 Å². The van der Waals surface area contributed by atoms with Crippen molar-refractivity contribution < 1.29 is 13.2 Å². The highest BCUT2D eigenvalue weighted by Crippen LogP contribution is 2.29. The maximum absolute atomic E-state index is 11.1. The summed E-state index contributed by atoms with van der Waals surface area (Å²) in [7, 11) is -3.10. The van der Waals surface area contributed by atoms with Crippen molar-refractivity contribution in [2.24, 2.45) is 5.92 Å². The van der Waals surface area contributed by atoms with Gasteiger partial charge in [0.05, 0.1) is 0 Å². The minimum absolute atomic E-state index is 0.123. The molecule has 0 atom stereocenters. The second-order valence-corrected chi connectivity index (χ2v) is 5.75. The summed E-state index contributed by atoms with van der Waals surface area (Å²) in [5.74, 6) is 0.0743. The fraction of sp³-hybridized carbons (Fsp3) is 0.875. The van der Waals surface area contributed by atoms with E-state index in [1.165, 1.54) is 6.42 Å². The highest BCUT2D eigenvalue weighted by Gasteiger charge is 2.22. The maximum atomic E-state index is 11.1. The van der Waals surface area contributed by atoms with Gasteiger partial charge in [0.1, 0.15) is 11.5 Å². The largest absolute Gasteiger partial charge is 0.299 e. The molecule has 0 amide bonds. The highest BCUT2D eigenvalue weighted by atomic mass is 32.2. The zero-order valence-electron chi connectivity index (χ0n) is 7.25. The van der Waals surface area contributed by atoms with E-state index in [0.29, 0.717) is 12.3 Å². The number of carbonyl (C=O) groups excluding carboxylic acids is 1. The van der Waals surface area contributed by atoms with Gasteiger partial charge in [-0.3, -0.25) is 4.79 Å². The third kappa shape index (κ3) is 3.34. The summed E-state index contributed by atoms with van der Waals surface area (Å²) in [6.07, 6.45) is 4.95. The SMILES string of the molecule is CS(=O)(=O)CC(=O)CC1CCC1. The first-order chi connectivity index (χ1) is 5.47. The molecule has 3 nitrogen and oxygen atoms in total. The van der Waals surface area contributed by atoms with Gasteiger partial charge < -0.3 is 0 Å². The molecule has 0 heterocycles. The molecule has 4 heteroatoms. The number of carbonyl (C=O) groups is 1. The highest BCUT2D eigenvalue weighted by molar-refractivity contribution is 7.91. The Kier molecular flexibility index (Phi) is 2.88. The third-order valence-corrected chi connectivity index (χ3v) is 3.01. The van der Waals surface area contributed by atoms with Crippen molar-refractivity contribution in [2.75, 3.05) is 12.0 Å². The van der Waals surface area contributed by atoms with Crippen molar-refractivity contribution in [3.8, 4) is 0 Å². The van der Waals surface area contributed by atoms with Gasteiger partial charge in [0.2, 0.25) is 0 Å². The number of Topliss-reactive ketones (excluding diaryl/α,β-unsaturated/α-hetero) is 1. The molecule has 1 fully saturated rings. The lowest BCUT2D eigenvalue weighted by Gasteiger charge is -2.24. The Bertz CT molecular complexity index is 262. The van der Waals surface area contributed by atoms with Gasteiger partial charge in [-0.05, 0) is 5.92 Å². The maximum Gasteiger partial charge on any atom is 0.154 e. The lowest BCUT2D eigenvalue weighted by atomic mass is 9.82. The Labute approximate surface area is 73.1 Å². The van der Waals surface area contributed by atoms with Crippen LogP contribution in [0.1, 0.15) is 25.7 Å². The van der Waals surface area contributed by atoms with Crippen molar-refractivity contribution in [3.05, 3.63) is 0 Å². The predicted octanol–water partition coefficient (Wildman–Crippen LogP) is 0.790. The zero-order chi connectivity index (χ0) is 9.19. The molecule has 1 rings (SSSR count). The van der Waals surface area contributed by atoms with Crippen molar-refractivity contribution >= 4 is 15.6 Å². The third-order valence-electron chi connectivity index (χ3n) is 2.16. The lowest BCUT2D eigenvalue weighted by molar-refractivity contribution is -0.118. The molecule has 70 valence electrons. The van der Waals surface area contributed by atoms with E-state index in [4.69, 9.17) is 0 Å². The minimum Gasteiger partial charge on any atom is -0.299 e. The van der Waals surface area contributed by atoms with Crippen LogP contribution in [0.2, 0.25) is 0 Å². The first-order valence-electron chi connectivity index (χ1n) is 4.17. The molecule has 12 heavy (non-hydrogen) atoms. The van der Waals surface area contributed by atoms with E-state index in [0.717, 1.165) is 19.1 Å². The summed E-state index contributed by atoms with van der Waals surface area (Å²) in [4.78, 5) is 11.1. The Morgan fingerprint density at radius 3 is 2.33 bits per heavy atom. The van der Waals surface area contributed by atoms with Gasteiger partial charge in [0.15, 0.2) is 9.84 Å². The van der Waals surface area contributed by atoms with Gasteiger partial charge in [0, 0.05) is 12.7 Å². The molecule has 0 aromatic heterocycles. The number of rotatable bonds is 4. The van der Waals surface area contributed by atoms with Crippen LogP contribution in [0.25, 0.3) is 0 Å². The molecule has 0 aromatic carbocycles. The van der Waals surface area contributed by atoms with E-state index in [-0.39, 0.29) is 11.5 Å². The molecule has 1 saturated carbocycles. The number of ketones is 1. The van der Waals surface area contributed by atoms with Gasteiger partial charge >= 0.3 is 0 Å². The molecule has 0 radical (unpaired) electrons. The number of hydrogen-bond acceptors (Lipinski definition) is 3. The van der Waals surface area contributed by atoms with E-state index >= 15 is 0 Å². The molecular formula is C8H14O3S. The Morgan fingerprint density at radius 2 is 2.00 bits per heavy atom. The van der Waals surface area contributed by atoms with Gasteiger partial charge in [-0.15, -0.1) is 0 Å². The van der Waals surface area contributed by atoms with Crippen LogP contribution in [0.4, 0.5) is 0 Å². The second-order valence-electron chi connectivity index (χ2n) is 3.61. The van der Waals surface area contributed by atoms with E-state index in [9.17, 15) is 13.2 Å². The Balaban J connectivity index is 2.29. The van der Waals surface area contributed by atoms with Crippen LogP contribution in [0, 0.1) is 5.92 Å². The van der Waals surface area contributed by atoms with Crippen molar-refractivity contribution in [1.29, 1.82) is 0 Å². The number of sulfone groups is 1. The van der Waals surface area contributed by atoms with Crippen LogP contribution < -0.4 is 0 Å². The van der Waals surface area contributed by atoms with E-state index in [1.54, 1.807) is 0 Å². The van der Waals surface area contributed by atoms with Crippen LogP contribution in [0.3, 0.4) is 0 Å². The zero-order valence-corrected chi connectivity index (χ0v) is 8.06. The molecule has 0 N–H and O–H groups in total. The molecule has 0 saturated heterocycles. The summed E-state index contributed by atoms with van der Waals surface area (Å²) in [5.41, 5.74) is 0. The lowest BCUT2D eigenvalue weighted by Crippen LogP contribution is -2.21. The average Bonchev–Trinajstić information content (AvgIpc) is 1.74. The van der Waals surface area contributed by atoms with Crippen LogP contribution in [-0.4, -0.2) is 26.2 Å². The molecule has 0 spiro atoms. The van der Waals surface area contributed by atoms with Crippen molar-refractivity contribution in [3.63, 3.8) is 0 Å². The van der Waals surface area contributed by atoms with Crippen LogP contribution in [0.15, 0.2) is 0 Å². The summed E-state index contributed by atoms with van der Waals surface area (Å²) < 4.78 is 21.4. The smallest absolute Gasteiger partial charge is 0.154 e. The average molecular weight is 190 g/mol. The quantitative estimate of drug-likeness (QED) is 0.658. The monoisotopic (exact) mass is 190 g/mol. The fourth-order valence-corrected chi connectivity index (χ4v) is 2.07. The second kappa shape index (κ2) is 3.56. The normalized spacial score (nSPS) is 18.8. The van der Waals surface area contributed by atoms with E-state index in [2.05, 4.69) is 0 Å². The molecular weight excluding hydrogens is 176 g/mol. The van der Waals surface area contributed by atoms with E-state index < -0.39 is 9.84 Å². The first kappa shape index (κ1) is 9.71. The molecule has 0 bridgehead atoms. The van der Waals surface area contributed by atoms with Crippen LogP contribution in [-0.2, 0) is 14.6 Å². The molecule has 1 aliphatic carbocycles. The summed E-state index contributed by atoms with van der Waals surface area (Å²) >= 11 is 0. The number of hydrogen-bond donors (Lipinski definition) is 0. The van der Waals surface area contributed by atoms with Crippen LogP contribution >= 0.6 is 0 Å². The Morgan fingerprint density at radius 1 is 1.42 bits per heavy atom. The molecule has 0 unspecified atom stereocenters. The standard InChI is InChI=1S/C8H14O3S/c1-12(10,11)6-8(9)5-7-3-2-4-7/h7H,2-6H2,1H3. The van der Waals surface area contributed by atoms with Crippen molar-refractivity contribution in [1.82, 2.24) is 0 Å². The first-order valence-corrected chi connectivity index (χ1v) is 6.23. The summed E-state index contributed by atoms with van der Waals surface area (Å²) in [6.45, 7) is 0. The predicted molar refractivity (Wildman–Crippen MR) is 46.7 cm³/mol. The molecule has 0 aliphatic heterocycles. The van der Waals surface area contributed by atoms with Gasteiger partial charge in [0.25, 0.3) is 0 Å². The van der Waals surface area contributed by atoms with Crippen LogP contribution in [0.5, 0.6) is 0 Å². The van der Waals surface area contributed by atoms with Gasteiger partial charge in [-0.2, -0.15) is 0 Å². The molecule has 0 aromatic rings. The Hall–Kier alpha value is -0.380. The fourth-order valence-electron chi connectivity index (χ4n) is 1.37. The summed E-state index contributed by atoms with van der Waals surface area (Å²) in [5, 5.41) is 0. The van der Waals surface area contributed by atoms with Crippen molar-refractivity contribution in [2.45, 2.75) is 25.7 Å². The topological polar surface area (TPSA) is 51.2 Å². The van der Waals surface area contributed by atoms with Gasteiger partial charge in [-0.1, -0.05) is 19.3 Å².